The summed E-state index contributed by atoms with van der Waals surface area (Å²) in [6, 6.07) is 5.09. The van der Waals surface area contributed by atoms with Gasteiger partial charge in [-0.15, -0.1) is 11.6 Å². The number of alkyl halides is 1. The van der Waals surface area contributed by atoms with Gasteiger partial charge in [-0.3, -0.25) is 4.79 Å². The van der Waals surface area contributed by atoms with E-state index in [-0.39, 0.29) is 11.3 Å². The first-order valence-corrected chi connectivity index (χ1v) is 7.05. The first kappa shape index (κ1) is 16.6. The van der Waals surface area contributed by atoms with Crippen LogP contribution in [-0.4, -0.2) is 32.0 Å². The van der Waals surface area contributed by atoms with Crippen molar-refractivity contribution in [3.63, 3.8) is 0 Å². The van der Waals surface area contributed by atoms with E-state index in [9.17, 15) is 4.79 Å². The molecule has 1 amide bonds. The zero-order valence-corrected chi connectivity index (χ0v) is 13.2. The van der Waals surface area contributed by atoms with Crippen LogP contribution >= 0.6 is 11.6 Å². The van der Waals surface area contributed by atoms with Crippen molar-refractivity contribution in [3.8, 4) is 11.5 Å². The molecule has 1 rings (SSSR count). The highest BCUT2D eigenvalue weighted by atomic mass is 35.5. The molecule has 0 radical (unpaired) electrons. The molecule has 5 heteroatoms. The van der Waals surface area contributed by atoms with E-state index >= 15 is 0 Å². The molecule has 1 aromatic rings. The first-order chi connectivity index (χ1) is 9.47. The van der Waals surface area contributed by atoms with Crippen LogP contribution in [-0.2, 0) is 0 Å². The number of rotatable bonds is 7. The molecular weight excluding hydrogens is 278 g/mol. The summed E-state index contributed by atoms with van der Waals surface area (Å²) in [6.45, 7) is 4.64. The first-order valence-electron chi connectivity index (χ1n) is 6.62. The van der Waals surface area contributed by atoms with Gasteiger partial charge in [-0.25, -0.2) is 0 Å². The molecule has 4 nitrogen and oxygen atoms in total. The maximum Gasteiger partial charge on any atom is 0.255 e. The second-order valence-corrected chi connectivity index (χ2v) is 5.62. The third-order valence-corrected chi connectivity index (χ3v) is 3.20. The Morgan fingerprint density at radius 3 is 2.55 bits per heavy atom. The maximum absolute atomic E-state index is 12.1. The highest BCUT2D eigenvalue weighted by Crippen LogP contribution is 2.24. The number of benzene rings is 1. The van der Waals surface area contributed by atoms with E-state index < -0.39 is 0 Å². The topological polar surface area (TPSA) is 47.6 Å². The van der Waals surface area contributed by atoms with E-state index in [4.69, 9.17) is 21.1 Å². The maximum atomic E-state index is 12.1. The van der Waals surface area contributed by atoms with Crippen molar-refractivity contribution in [1.29, 1.82) is 0 Å². The van der Waals surface area contributed by atoms with E-state index in [1.54, 1.807) is 25.3 Å². The van der Waals surface area contributed by atoms with Crippen LogP contribution in [0.4, 0.5) is 0 Å². The SMILES string of the molecule is COc1ccc(C(=O)NCC(Cl)CC(C)C)c(OC)c1. The molecule has 1 unspecified atom stereocenters. The number of amides is 1. The molecule has 0 saturated heterocycles. The van der Waals surface area contributed by atoms with Gasteiger partial charge in [-0.05, 0) is 24.5 Å². The van der Waals surface area contributed by atoms with Crippen molar-refractivity contribution in [2.45, 2.75) is 25.6 Å². The Labute approximate surface area is 125 Å². The molecule has 0 heterocycles. The normalized spacial score (nSPS) is 12.1. The number of ether oxygens (including phenoxy) is 2. The molecular formula is C15H22ClNO3. The lowest BCUT2D eigenvalue weighted by Crippen LogP contribution is -2.30. The average Bonchev–Trinajstić information content (AvgIpc) is 2.43. The summed E-state index contributed by atoms with van der Waals surface area (Å²) in [5.74, 6) is 1.44. The van der Waals surface area contributed by atoms with Crippen LogP contribution in [0.3, 0.4) is 0 Å². The predicted molar refractivity (Wildman–Crippen MR) is 81.0 cm³/mol. The van der Waals surface area contributed by atoms with Gasteiger partial charge in [0, 0.05) is 12.6 Å². The third-order valence-electron chi connectivity index (χ3n) is 2.86. The molecule has 112 valence electrons. The van der Waals surface area contributed by atoms with Crippen molar-refractivity contribution >= 4 is 17.5 Å². The van der Waals surface area contributed by atoms with Gasteiger partial charge in [0.1, 0.15) is 11.5 Å². The average molecular weight is 300 g/mol. The van der Waals surface area contributed by atoms with E-state index in [0.29, 0.717) is 29.5 Å². The molecule has 20 heavy (non-hydrogen) atoms. The Kier molecular flexibility index (Phi) is 6.65. The van der Waals surface area contributed by atoms with Crippen molar-refractivity contribution in [2.75, 3.05) is 20.8 Å². The Bertz CT molecular complexity index is 449. The number of hydrogen-bond donors (Lipinski definition) is 1. The van der Waals surface area contributed by atoms with E-state index in [1.807, 2.05) is 0 Å². The van der Waals surface area contributed by atoms with Crippen molar-refractivity contribution in [1.82, 2.24) is 5.32 Å². The zero-order valence-electron chi connectivity index (χ0n) is 12.4. The number of carbonyl (C=O) groups is 1. The quantitative estimate of drug-likeness (QED) is 0.787. The molecule has 0 saturated carbocycles. The van der Waals surface area contributed by atoms with Crippen molar-refractivity contribution in [2.24, 2.45) is 5.92 Å². The van der Waals surface area contributed by atoms with Gasteiger partial charge >= 0.3 is 0 Å². The van der Waals surface area contributed by atoms with Gasteiger partial charge in [-0.1, -0.05) is 13.8 Å². The van der Waals surface area contributed by atoms with Gasteiger partial charge < -0.3 is 14.8 Å². The monoisotopic (exact) mass is 299 g/mol. The summed E-state index contributed by atoms with van der Waals surface area (Å²) in [7, 11) is 3.09. The third kappa shape index (κ3) is 4.93. The number of methoxy groups -OCH3 is 2. The summed E-state index contributed by atoms with van der Waals surface area (Å²) in [5.41, 5.74) is 0.474. The Balaban J connectivity index is 2.67. The zero-order chi connectivity index (χ0) is 15.1. The largest absolute Gasteiger partial charge is 0.497 e. The number of nitrogens with one attached hydrogen (secondary N) is 1. The molecule has 0 aliphatic carbocycles. The summed E-state index contributed by atoms with van der Waals surface area (Å²) in [5, 5.41) is 2.76. The number of halogens is 1. The lowest BCUT2D eigenvalue weighted by Gasteiger charge is -2.14. The Hall–Kier alpha value is -1.42. The molecule has 1 atom stereocenters. The fourth-order valence-corrected chi connectivity index (χ4v) is 2.31. The summed E-state index contributed by atoms with van der Waals surface area (Å²) in [6.07, 6.45) is 0.863. The van der Waals surface area contributed by atoms with Crippen LogP contribution in [0.5, 0.6) is 11.5 Å². The van der Waals surface area contributed by atoms with Gasteiger partial charge in [0.25, 0.3) is 5.91 Å². The van der Waals surface area contributed by atoms with Gasteiger partial charge in [-0.2, -0.15) is 0 Å². The summed E-state index contributed by atoms with van der Waals surface area (Å²) >= 11 is 6.16. The summed E-state index contributed by atoms with van der Waals surface area (Å²) in [4.78, 5) is 12.1. The number of hydrogen-bond acceptors (Lipinski definition) is 3. The van der Waals surface area contributed by atoms with E-state index in [2.05, 4.69) is 19.2 Å². The van der Waals surface area contributed by atoms with Gasteiger partial charge in [0.05, 0.1) is 25.2 Å². The minimum Gasteiger partial charge on any atom is -0.497 e. The van der Waals surface area contributed by atoms with Crippen LogP contribution in [0.25, 0.3) is 0 Å². The smallest absolute Gasteiger partial charge is 0.255 e. The fraction of sp³-hybridized carbons (Fsp3) is 0.533. The van der Waals surface area contributed by atoms with Crippen LogP contribution < -0.4 is 14.8 Å². The second-order valence-electron chi connectivity index (χ2n) is 5.00. The lowest BCUT2D eigenvalue weighted by atomic mass is 10.1. The lowest BCUT2D eigenvalue weighted by molar-refractivity contribution is 0.0950. The Morgan fingerprint density at radius 1 is 1.30 bits per heavy atom. The van der Waals surface area contributed by atoms with Gasteiger partial charge in [0.15, 0.2) is 0 Å². The van der Waals surface area contributed by atoms with E-state index in [0.717, 1.165) is 6.42 Å². The van der Waals surface area contributed by atoms with Crippen molar-refractivity contribution < 1.29 is 14.3 Å². The van der Waals surface area contributed by atoms with Crippen molar-refractivity contribution in [3.05, 3.63) is 23.8 Å². The van der Waals surface area contributed by atoms with Crippen LogP contribution in [0.1, 0.15) is 30.6 Å². The number of carbonyl (C=O) groups excluding carboxylic acids is 1. The predicted octanol–water partition coefficient (Wildman–Crippen LogP) is 3.09. The Morgan fingerprint density at radius 2 is 2.00 bits per heavy atom. The second kappa shape index (κ2) is 8.00. The molecule has 0 spiro atoms. The molecule has 0 fully saturated rings. The molecule has 1 aromatic carbocycles. The highest BCUT2D eigenvalue weighted by molar-refractivity contribution is 6.21. The molecule has 1 N–H and O–H groups in total. The van der Waals surface area contributed by atoms with Gasteiger partial charge in [0.2, 0.25) is 0 Å². The van der Waals surface area contributed by atoms with Crippen LogP contribution in [0.2, 0.25) is 0 Å². The molecule has 0 aromatic heterocycles. The minimum absolute atomic E-state index is 0.0665. The summed E-state index contributed by atoms with van der Waals surface area (Å²) < 4.78 is 10.3. The highest BCUT2D eigenvalue weighted by Gasteiger charge is 2.15. The molecule has 0 bridgehead atoms. The molecule has 0 aliphatic rings. The van der Waals surface area contributed by atoms with E-state index in [1.165, 1.54) is 7.11 Å². The van der Waals surface area contributed by atoms with Crippen LogP contribution in [0.15, 0.2) is 18.2 Å². The standard InChI is InChI=1S/C15H22ClNO3/c1-10(2)7-11(16)9-17-15(18)13-6-5-12(19-3)8-14(13)20-4/h5-6,8,10-11H,7,9H2,1-4H3,(H,17,18). The fourth-order valence-electron chi connectivity index (χ4n) is 1.88. The minimum atomic E-state index is -0.195. The molecule has 0 aliphatic heterocycles. The van der Waals surface area contributed by atoms with Crippen LogP contribution in [0, 0.1) is 5.92 Å².